The number of aromatic nitrogens is 2. The van der Waals surface area contributed by atoms with E-state index < -0.39 is 5.97 Å². The lowest BCUT2D eigenvalue weighted by Crippen LogP contribution is -2.20. The molecule has 0 aromatic carbocycles. The quantitative estimate of drug-likeness (QED) is 0.709. The molecule has 5 nitrogen and oxygen atoms in total. The summed E-state index contributed by atoms with van der Waals surface area (Å²) in [4.78, 5) is 10.6. The smallest absolute Gasteiger partial charge is 0.341 e. The number of carboxylic acids is 1. The molecule has 0 saturated heterocycles. The van der Waals surface area contributed by atoms with Crippen molar-refractivity contribution in [1.29, 1.82) is 0 Å². The molecule has 3 N–H and O–H groups in total. The van der Waals surface area contributed by atoms with Gasteiger partial charge in [-0.05, 0) is 19.3 Å². The second-order valence-corrected chi connectivity index (χ2v) is 3.28. The van der Waals surface area contributed by atoms with Gasteiger partial charge in [-0.1, -0.05) is 0 Å². The molecule has 70 valence electrons. The van der Waals surface area contributed by atoms with E-state index in [1.807, 2.05) is 0 Å². The van der Waals surface area contributed by atoms with Gasteiger partial charge in [-0.2, -0.15) is 5.10 Å². The van der Waals surface area contributed by atoms with Crippen LogP contribution in [0.2, 0.25) is 0 Å². The molecule has 0 amide bonds. The van der Waals surface area contributed by atoms with Crippen LogP contribution in [-0.4, -0.2) is 20.9 Å². The number of aromatic carboxylic acids is 1. The van der Waals surface area contributed by atoms with Crippen molar-refractivity contribution in [3.8, 4) is 0 Å². The third-order valence-corrected chi connectivity index (χ3v) is 2.48. The molecule has 5 heteroatoms. The Balaban J connectivity index is 2.32. The molecular formula is C8H11N3O2. The summed E-state index contributed by atoms with van der Waals surface area (Å²) in [5, 5.41) is 12.7. The van der Waals surface area contributed by atoms with Gasteiger partial charge in [0.15, 0.2) is 0 Å². The van der Waals surface area contributed by atoms with Gasteiger partial charge in [0.1, 0.15) is 11.4 Å². The third kappa shape index (κ3) is 1.16. The minimum Gasteiger partial charge on any atom is -0.477 e. The fraction of sp³-hybridized carbons (Fsp3) is 0.500. The Morgan fingerprint density at radius 1 is 1.69 bits per heavy atom. The Morgan fingerprint density at radius 3 is 2.77 bits per heavy atom. The fourth-order valence-corrected chi connectivity index (χ4v) is 1.46. The fourth-order valence-electron chi connectivity index (χ4n) is 1.46. The zero-order valence-electron chi connectivity index (χ0n) is 7.10. The number of carboxylic acid groups (broad SMARTS) is 1. The van der Waals surface area contributed by atoms with E-state index in [0.717, 1.165) is 12.8 Å². The first-order valence-electron chi connectivity index (χ1n) is 4.26. The zero-order chi connectivity index (χ0) is 9.42. The first-order valence-corrected chi connectivity index (χ1v) is 4.26. The molecule has 0 atom stereocenters. The third-order valence-electron chi connectivity index (χ3n) is 2.48. The normalized spacial score (nSPS) is 16.9. The number of carbonyl (C=O) groups is 1. The second kappa shape index (κ2) is 2.76. The van der Waals surface area contributed by atoms with Crippen LogP contribution in [0.1, 0.15) is 35.7 Å². The van der Waals surface area contributed by atoms with E-state index in [9.17, 15) is 4.79 Å². The summed E-state index contributed by atoms with van der Waals surface area (Å²) >= 11 is 0. The van der Waals surface area contributed by atoms with Crippen LogP contribution in [0.25, 0.3) is 0 Å². The van der Waals surface area contributed by atoms with Crippen LogP contribution in [0, 0.1) is 0 Å². The lowest BCUT2D eigenvalue weighted by Gasteiger charge is -2.26. The average Bonchev–Trinajstić information content (AvgIpc) is 2.29. The molecule has 0 aliphatic heterocycles. The maximum atomic E-state index is 10.6. The minimum absolute atomic E-state index is 0.104. The van der Waals surface area contributed by atoms with Crippen molar-refractivity contribution in [2.75, 3.05) is 5.73 Å². The van der Waals surface area contributed by atoms with Crippen LogP contribution >= 0.6 is 0 Å². The lowest BCUT2D eigenvalue weighted by atomic mass is 9.93. The summed E-state index contributed by atoms with van der Waals surface area (Å²) < 4.78 is 1.62. The number of nitrogens with zero attached hydrogens (tertiary/aromatic N) is 2. The van der Waals surface area contributed by atoms with Gasteiger partial charge < -0.3 is 10.8 Å². The number of anilines is 1. The molecule has 1 saturated carbocycles. The summed E-state index contributed by atoms with van der Waals surface area (Å²) in [7, 11) is 0. The molecule has 0 bridgehead atoms. The Hall–Kier alpha value is -1.52. The van der Waals surface area contributed by atoms with E-state index in [-0.39, 0.29) is 11.4 Å². The van der Waals surface area contributed by atoms with Gasteiger partial charge in [-0.15, -0.1) is 0 Å². The molecular weight excluding hydrogens is 170 g/mol. The highest BCUT2D eigenvalue weighted by atomic mass is 16.4. The Bertz CT molecular complexity index is 341. The monoisotopic (exact) mass is 181 g/mol. The zero-order valence-corrected chi connectivity index (χ0v) is 7.10. The van der Waals surface area contributed by atoms with Crippen LogP contribution in [-0.2, 0) is 0 Å². The maximum Gasteiger partial charge on any atom is 0.341 e. The molecule has 1 aliphatic rings. The summed E-state index contributed by atoms with van der Waals surface area (Å²) in [6.07, 6.45) is 4.58. The maximum absolute atomic E-state index is 10.6. The number of nitrogens with two attached hydrogens (primary N) is 1. The molecule has 0 radical (unpaired) electrons. The standard InChI is InChI=1S/C8H11N3O2/c9-7-6(8(12)13)4-10-11(7)5-2-1-3-5/h4-5H,1-3,9H2,(H,12,13). The highest BCUT2D eigenvalue weighted by Gasteiger charge is 2.24. The van der Waals surface area contributed by atoms with E-state index in [0.29, 0.717) is 6.04 Å². The van der Waals surface area contributed by atoms with Crippen LogP contribution in [0.4, 0.5) is 5.82 Å². The van der Waals surface area contributed by atoms with E-state index in [2.05, 4.69) is 5.10 Å². The van der Waals surface area contributed by atoms with Crippen LogP contribution in [0.15, 0.2) is 6.20 Å². The van der Waals surface area contributed by atoms with Crippen molar-refractivity contribution in [1.82, 2.24) is 9.78 Å². The summed E-state index contributed by atoms with van der Waals surface area (Å²) in [6, 6.07) is 0.313. The first kappa shape index (κ1) is 8.10. The van der Waals surface area contributed by atoms with Gasteiger partial charge in [-0.25, -0.2) is 9.48 Å². The van der Waals surface area contributed by atoms with Gasteiger partial charge >= 0.3 is 5.97 Å². The Kier molecular flexibility index (Phi) is 1.72. The van der Waals surface area contributed by atoms with Crippen molar-refractivity contribution < 1.29 is 9.90 Å². The van der Waals surface area contributed by atoms with Gasteiger partial charge in [0.05, 0.1) is 12.2 Å². The van der Waals surface area contributed by atoms with Crippen LogP contribution in [0.3, 0.4) is 0 Å². The molecule has 2 rings (SSSR count). The highest BCUT2D eigenvalue weighted by Crippen LogP contribution is 2.33. The number of hydrogen-bond donors (Lipinski definition) is 2. The second-order valence-electron chi connectivity index (χ2n) is 3.28. The molecule has 1 aliphatic carbocycles. The summed E-state index contributed by atoms with van der Waals surface area (Å²) in [6.45, 7) is 0. The largest absolute Gasteiger partial charge is 0.477 e. The SMILES string of the molecule is Nc1c(C(=O)O)cnn1C1CCC1. The summed E-state index contributed by atoms with van der Waals surface area (Å²) in [5.41, 5.74) is 5.74. The highest BCUT2D eigenvalue weighted by molar-refractivity contribution is 5.92. The van der Waals surface area contributed by atoms with E-state index in [1.54, 1.807) is 4.68 Å². The van der Waals surface area contributed by atoms with Crippen molar-refractivity contribution >= 4 is 11.8 Å². The molecule has 1 fully saturated rings. The van der Waals surface area contributed by atoms with Crippen LogP contribution in [0.5, 0.6) is 0 Å². The molecule has 0 unspecified atom stereocenters. The minimum atomic E-state index is -1.01. The van der Waals surface area contributed by atoms with Crippen molar-refractivity contribution in [2.24, 2.45) is 0 Å². The molecule has 1 aromatic rings. The topological polar surface area (TPSA) is 81.1 Å². The molecule has 1 aromatic heterocycles. The number of nitrogen functional groups attached to an aromatic ring is 1. The number of hydrogen-bond acceptors (Lipinski definition) is 3. The van der Waals surface area contributed by atoms with Gasteiger partial charge in [-0.3, -0.25) is 0 Å². The van der Waals surface area contributed by atoms with Crippen LogP contribution < -0.4 is 5.73 Å². The molecule has 1 heterocycles. The predicted molar refractivity (Wildman–Crippen MR) is 46.5 cm³/mol. The molecule has 0 spiro atoms. The summed E-state index contributed by atoms with van der Waals surface area (Å²) in [5.74, 6) is -0.736. The van der Waals surface area contributed by atoms with Crippen molar-refractivity contribution in [2.45, 2.75) is 25.3 Å². The lowest BCUT2D eigenvalue weighted by molar-refractivity contribution is 0.0698. The Morgan fingerprint density at radius 2 is 2.38 bits per heavy atom. The van der Waals surface area contributed by atoms with E-state index >= 15 is 0 Å². The number of rotatable bonds is 2. The Labute approximate surface area is 75.2 Å². The first-order chi connectivity index (χ1) is 6.20. The van der Waals surface area contributed by atoms with Gasteiger partial charge in [0, 0.05) is 0 Å². The van der Waals surface area contributed by atoms with Gasteiger partial charge in [0.2, 0.25) is 0 Å². The molecule has 13 heavy (non-hydrogen) atoms. The van der Waals surface area contributed by atoms with E-state index in [1.165, 1.54) is 12.6 Å². The predicted octanol–water partition coefficient (Wildman–Crippen LogP) is 0.888. The van der Waals surface area contributed by atoms with Crippen molar-refractivity contribution in [3.05, 3.63) is 11.8 Å². The van der Waals surface area contributed by atoms with Crippen molar-refractivity contribution in [3.63, 3.8) is 0 Å². The van der Waals surface area contributed by atoms with Gasteiger partial charge in [0.25, 0.3) is 0 Å². The van der Waals surface area contributed by atoms with E-state index in [4.69, 9.17) is 10.8 Å². The average molecular weight is 181 g/mol.